The molecule has 0 fully saturated rings. The maximum Gasteiger partial charge on any atom is 0.238 e. The van der Waals surface area contributed by atoms with Crippen molar-refractivity contribution in [1.29, 1.82) is 0 Å². The van der Waals surface area contributed by atoms with Crippen LogP contribution in [-0.2, 0) is 4.79 Å². The third-order valence-corrected chi connectivity index (χ3v) is 3.63. The van der Waals surface area contributed by atoms with Gasteiger partial charge in [0.05, 0.1) is 22.3 Å². The number of nitrogens with one attached hydrogen (secondary N) is 2. The first kappa shape index (κ1) is 16.3. The molecule has 5 heteroatoms. The molecule has 1 aromatic carbocycles. The van der Waals surface area contributed by atoms with Crippen molar-refractivity contribution in [1.82, 2.24) is 5.32 Å². The van der Waals surface area contributed by atoms with Crippen LogP contribution in [0, 0.1) is 5.92 Å². The Morgan fingerprint density at radius 1 is 1.26 bits per heavy atom. The molecule has 0 saturated heterocycles. The number of anilines is 1. The van der Waals surface area contributed by atoms with Gasteiger partial charge in [0.15, 0.2) is 0 Å². The Balaban J connectivity index is 2.56. The number of amides is 1. The number of rotatable bonds is 6. The van der Waals surface area contributed by atoms with Gasteiger partial charge in [0.1, 0.15) is 0 Å². The summed E-state index contributed by atoms with van der Waals surface area (Å²) < 4.78 is 0. The summed E-state index contributed by atoms with van der Waals surface area (Å²) in [6.45, 7) is 6.60. The minimum atomic E-state index is -0.144. The lowest BCUT2D eigenvalue weighted by molar-refractivity contribution is -0.115. The largest absolute Gasteiger partial charge is 0.322 e. The molecule has 1 atom stereocenters. The SMILES string of the molecule is CCC(NCC(=O)Nc1c(Cl)cccc1Cl)C(C)C. The van der Waals surface area contributed by atoms with Crippen molar-refractivity contribution in [3.05, 3.63) is 28.2 Å². The van der Waals surface area contributed by atoms with Crippen LogP contribution in [-0.4, -0.2) is 18.5 Å². The van der Waals surface area contributed by atoms with Crippen LogP contribution in [0.4, 0.5) is 5.69 Å². The highest BCUT2D eigenvalue weighted by Crippen LogP contribution is 2.29. The van der Waals surface area contributed by atoms with E-state index in [-0.39, 0.29) is 12.5 Å². The average Bonchev–Trinajstić information content (AvgIpc) is 2.34. The van der Waals surface area contributed by atoms with E-state index in [0.29, 0.717) is 27.7 Å². The van der Waals surface area contributed by atoms with Gasteiger partial charge in [-0.3, -0.25) is 4.79 Å². The third-order valence-electron chi connectivity index (χ3n) is 3.00. The van der Waals surface area contributed by atoms with Crippen LogP contribution in [0.3, 0.4) is 0 Å². The van der Waals surface area contributed by atoms with Crippen molar-refractivity contribution >= 4 is 34.8 Å². The Morgan fingerprint density at radius 3 is 2.32 bits per heavy atom. The quantitative estimate of drug-likeness (QED) is 0.835. The van der Waals surface area contributed by atoms with Crippen molar-refractivity contribution in [2.75, 3.05) is 11.9 Å². The molecule has 0 heterocycles. The third kappa shape index (κ3) is 5.01. The predicted molar refractivity (Wildman–Crippen MR) is 82.0 cm³/mol. The normalized spacial score (nSPS) is 12.5. The van der Waals surface area contributed by atoms with E-state index >= 15 is 0 Å². The standard InChI is InChI=1S/C14H20Cl2N2O/c1-4-12(9(2)3)17-8-13(19)18-14-10(15)6-5-7-11(14)16/h5-7,9,12,17H,4,8H2,1-3H3,(H,18,19). The fourth-order valence-electron chi connectivity index (χ4n) is 1.88. The summed E-state index contributed by atoms with van der Waals surface area (Å²) in [6, 6.07) is 5.45. The number of hydrogen-bond donors (Lipinski definition) is 2. The Morgan fingerprint density at radius 2 is 1.84 bits per heavy atom. The fourth-order valence-corrected chi connectivity index (χ4v) is 2.37. The molecule has 0 aromatic heterocycles. The van der Waals surface area contributed by atoms with Crippen molar-refractivity contribution in [3.63, 3.8) is 0 Å². The topological polar surface area (TPSA) is 41.1 Å². The minimum absolute atomic E-state index is 0.144. The first-order chi connectivity index (χ1) is 8.95. The number of carbonyl (C=O) groups is 1. The number of carbonyl (C=O) groups excluding carboxylic acids is 1. The van der Waals surface area contributed by atoms with Gasteiger partial charge in [-0.15, -0.1) is 0 Å². The Kier molecular flexibility index (Phi) is 6.63. The van der Waals surface area contributed by atoms with Crippen LogP contribution in [0.25, 0.3) is 0 Å². The van der Waals surface area contributed by atoms with Gasteiger partial charge in [-0.25, -0.2) is 0 Å². The molecule has 106 valence electrons. The predicted octanol–water partition coefficient (Wildman–Crippen LogP) is 3.96. The molecule has 1 rings (SSSR count). The number of benzene rings is 1. The average molecular weight is 303 g/mol. The highest BCUT2D eigenvalue weighted by molar-refractivity contribution is 6.39. The maximum atomic E-state index is 11.9. The zero-order chi connectivity index (χ0) is 14.4. The summed E-state index contributed by atoms with van der Waals surface area (Å²) >= 11 is 12.0. The van der Waals surface area contributed by atoms with E-state index in [9.17, 15) is 4.79 Å². The molecule has 0 aliphatic heterocycles. The molecule has 1 unspecified atom stereocenters. The van der Waals surface area contributed by atoms with Gasteiger partial charge in [-0.05, 0) is 24.5 Å². The Labute approximate surface area is 124 Å². The molecule has 0 aliphatic rings. The molecule has 0 radical (unpaired) electrons. The molecule has 0 bridgehead atoms. The van der Waals surface area contributed by atoms with Gasteiger partial charge in [0, 0.05) is 6.04 Å². The molecule has 0 spiro atoms. The molecule has 0 aliphatic carbocycles. The number of hydrogen-bond acceptors (Lipinski definition) is 2. The molecule has 3 nitrogen and oxygen atoms in total. The van der Waals surface area contributed by atoms with Gasteiger partial charge >= 0.3 is 0 Å². The van der Waals surface area contributed by atoms with Gasteiger partial charge in [0.25, 0.3) is 0 Å². The lowest BCUT2D eigenvalue weighted by atomic mass is 10.0. The molecular formula is C14H20Cl2N2O. The van der Waals surface area contributed by atoms with Crippen molar-refractivity contribution in [2.24, 2.45) is 5.92 Å². The van der Waals surface area contributed by atoms with Crippen LogP contribution >= 0.6 is 23.2 Å². The van der Waals surface area contributed by atoms with Crippen LogP contribution in [0.5, 0.6) is 0 Å². The highest BCUT2D eigenvalue weighted by atomic mass is 35.5. The highest BCUT2D eigenvalue weighted by Gasteiger charge is 2.13. The summed E-state index contributed by atoms with van der Waals surface area (Å²) in [6.07, 6.45) is 0.984. The minimum Gasteiger partial charge on any atom is -0.322 e. The molecule has 1 aromatic rings. The van der Waals surface area contributed by atoms with E-state index in [4.69, 9.17) is 23.2 Å². The molecule has 19 heavy (non-hydrogen) atoms. The summed E-state index contributed by atoms with van der Waals surface area (Å²) in [5, 5.41) is 6.84. The van der Waals surface area contributed by atoms with Crippen molar-refractivity contribution < 1.29 is 4.79 Å². The van der Waals surface area contributed by atoms with Gasteiger partial charge in [-0.2, -0.15) is 0 Å². The van der Waals surface area contributed by atoms with Crippen LogP contribution < -0.4 is 10.6 Å². The summed E-state index contributed by atoms with van der Waals surface area (Å²) in [5.74, 6) is 0.343. The monoisotopic (exact) mass is 302 g/mol. The lowest BCUT2D eigenvalue weighted by Crippen LogP contribution is -2.38. The van der Waals surface area contributed by atoms with E-state index < -0.39 is 0 Å². The summed E-state index contributed by atoms with van der Waals surface area (Å²) in [7, 11) is 0. The smallest absolute Gasteiger partial charge is 0.238 e. The molecule has 0 saturated carbocycles. The fraction of sp³-hybridized carbons (Fsp3) is 0.500. The van der Waals surface area contributed by atoms with Crippen LogP contribution in [0.15, 0.2) is 18.2 Å². The zero-order valence-electron chi connectivity index (χ0n) is 11.5. The maximum absolute atomic E-state index is 11.9. The van der Waals surface area contributed by atoms with Gasteiger partial charge in [-0.1, -0.05) is 50.0 Å². The molecular weight excluding hydrogens is 283 g/mol. The van der Waals surface area contributed by atoms with E-state index in [1.54, 1.807) is 18.2 Å². The van der Waals surface area contributed by atoms with E-state index in [1.165, 1.54) is 0 Å². The second kappa shape index (κ2) is 7.73. The van der Waals surface area contributed by atoms with Crippen molar-refractivity contribution in [3.8, 4) is 0 Å². The lowest BCUT2D eigenvalue weighted by Gasteiger charge is -2.20. The first-order valence-corrected chi connectivity index (χ1v) is 7.18. The molecule has 2 N–H and O–H groups in total. The molecule has 1 amide bonds. The zero-order valence-corrected chi connectivity index (χ0v) is 13.0. The van der Waals surface area contributed by atoms with E-state index in [2.05, 4.69) is 31.4 Å². The Hall–Kier alpha value is -0.770. The van der Waals surface area contributed by atoms with Crippen LogP contribution in [0.1, 0.15) is 27.2 Å². The second-order valence-corrected chi connectivity index (χ2v) is 5.60. The number of para-hydroxylation sites is 1. The first-order valence-electron chi connectivity index (χ1n) is 6.43. The number of halogens is 2. The van der Waals surface area contributed by atoms with Crippen molar-refractivity contribution in [2.45, 2.75) is 33.2 Å². The second-order valence-electron chi connectivity index (χ2n) is 4.78. The van der Waals surface area contributed by atoms with E-state index in [0.717, 1.165) is 6.42 Å². The van der Waals surface area contributed by atoms with E-state index in [1.807, 2.05) is 0 Å². The summed E-state index contributed by atoms with van der Waals surface area (Å²) in [5.41, 5.74) is 0.468. The van der Waals surface area contributed by atoms with Gasteiger partial charge in [0.2, 0.25) is 5.91 Å². The van der Waals surface area contributed by atoms with Crippen LogP contribution in [0.2, 0.25) is 10.0 Å². The van der Waals surface area contributed by atoms with Gasteiger partial charge < -0.3 is 10.6 Å². The Bertz CT molecular complexity index is 415. The summed E-state index contributed by atoms with van der Waals surface area (Å²) in [4.78, 5) is 11.9.